The second kappa shape index (κ2) is 7.27. The fraction of sp³-hybridized carbons (Fsp3) is 0.524. The first kappa shape index (κ1) is 18.1. The summed E-state index contributed by atoms with van der Waals surface area (Å²) in [6, 6.07) is 8.84. The maximum Gasteiger partial charge on any atom is 0.0720 e. The van der Waals surface area contributed by atoms with Gasteiger partial charge in [0.25, 0.3) is 0 Å². The summed E-state index contributed by atoms with van der Waals surface area (Å²) in [6.07, 6.45) is 7.77. The molecule has 1 saturated heterocycles. The van der Waals surface area contributed by atoms with Crippen LogP contribution in [0, 0.1) is 5.92 Å². The Morgan fingerprint density at radius 2 is 1.92 bits per heavy atom. The Balaban J connectivity index is 1.65. The highest BCUT2D eigenvalue weighted by Gasteiger charge is 2.36. The molecule has 0 radical (unpaired) electrons. The number of rotatable bonds is 3. The lowest BCUT2D eigenvalue weighted by Gasteiger charge is -2.39. The molecule has 1 nitrogen and oxygen atoms in total. The zero-order valence-corrected chi connectivity index (χ0v) is 16.5. The summed E-state index contributed by atoms with van der Waals surface area (Å²) in [5.74, 6) is 0.387. The number of fused-ring (bicyclic) bond motifs is 1. The van der Waals surface area contributed by atoms with Crippen LogP contribution < -0.4 is 0 Å². The SMILES string of the molecule is C[C@@H]1C[C@H](OCc2ccc(C(C)(C)C)cc2)[C@H]2C=C(Cl)C=C[C@@H]2S1. The van der Waals surface area contributed by atoms with E-state index < -0.39 is 0 Å². The normalized spacial score (nSPS) is 30.0. The Hall–Kier alpha value is -0.700. The minimum atomic E-state index is 0.193. The van der Waals surface area contributed by atoms with Crippen LogP contribution in [0.25, 0.3) is 0 Å². The van der Waals surface area contributed by atoms with E-state index in [-0.39, 0.29) is 11.5 Å². The third kappa shape index (κ3) is 4.28. The molecular formula is C21H27ClOS. The highest BCUT2D eigenvalue weighted by Crippen LogP contribution is 2.42. The summed E-state index contributed by atoms with van der Waals surface area (Å²) in [6.45, 7) is 9.69. The Kier molecular flexibility index (Phi) is 5.48. The Labute approximate surface area is 155 Å². The largest absolute Gasteiger partial charge is 0.373 e. The molecule has 3 rings (SSSR count). The van der Waals surface area contributed by atoms with E-state index in [1.165, 1.54) is 11.1 Å². The van der Waals surface area contributed by atoms with Crippen molar-refractivity contribution >= 4 is 23.4 Å². The second-order valence-electron chi connectivity index (χ2n) is 7.93. The first-order valence-corrected chi connectivity index (χ1v) is 10.1. The quantitative estimate of drug-likeness (QED) is 0.645. The maximum atomic E-state index is 6.33. The number of hydrogen-bond donors (Lipinski definition) is 0. The average molecular weight is 363 g/mol. The molecule has 0 aromatic heterocycles. The van der Waals surface area contributed by atoms with Gasteiger partial charge in [-0.15, -0.1) is 0 Å². The van der Waals surface area contributed by atoms with E-state index in [0.29, 0.717) is 23.0 Å². The van der Waals surface area contributed by atoms with Crippen molar-refractivity contribution in [1.29, 1.82) is 0 Å². The number of halogens is 1. The predicted octanol–water partition coefficient (Wildman–Crippen LogP) is 6.07. The molecule has 1 fully saturated rings. The fourth-order valence-corrected chi connectivity index (χ4v) is 5.06. The maximum absolute atomic E-state index is 6.33. The first-order valence-electron chi connectivity index (χ1n) is 8.75. The Morgan fingerprint density at radius 1 is 1.21 bits per heavy atom. The summed E-state index contributed by atoms with van der Waals surface area (Å²) in [5, 5.41) is 1.95. The van der Waals surface area contributed by atoms with Crippen molar-refractivity contribution in [3.05, 3.63) is 58.7 Å². The van der Waals surface area contributed by atoms with E-state index in [2.05, 4.69) is 64.1 Å². The molecule has 0 spiro atoms. The Morgan fingerprint density at radius 3 is 2.58 bits per heavy atom. The van der Waals surface area contributed by atoms with Crippen LogP contribution in [0.5, 0.6) is 0 Å². The number of allylic oxidation sites excluding steroid dienone is 2. The molecule has 0 unspecified atom stereocenters. The zero-order valence-electron chi connectivity index (χ0n) is 15.0. The third-order valence-electron chi connectivity index (χ3n) is 4.84. The molecule has 1 heterocycles. The van der Waals surface area contributed by atoms with Gasteiger partial charge in [0.2, 0.25) is 0 Å². The first-order chi connectivity index (χ1) is 11.3. The van der Waals surface area contributed by atoms with E-state index in [4.69, 9.17) is 16.3 Å². The highest BCUT2D eigenvalue weighted by molar-refractivity contribution is 8.00. The van der Waals surface area contributed by atoms with Crippen LogP contribution in [0.2, 0.25) is 0 Å². The number of hydrogen-bond acceptors (Lipinski definition) is 2. The summed E-state index contributed by atoms with van der Waals surface area (Å²) < 4.78 is 6.33. The summed E-state index contributed by atoms with van der Waals surface area (Å²) in [5.41, 5.74) is 2.80. The topological polar surface area (TPSA) is 9.23 Å². The molecule has 0 bridgehead atoms. The van der Waals surface area contributed by atoms with Crippen molar-refractivity contribution in [3.63, 3.8) is 0 Å². The monoisotopic (exact) mass is 362 g/mol. The minimum absolute atomic E-state index is 0.193. The van der Waals surface area contributed by atoms with E-state index >= 15 is 0 Å². The Bertz CT molecular complexity index is 626. The number of thioether (sulfide) groups is 1. The van der Waals surface area contributed by atoms with Gasteiger partial charge < -0.3 is 4.74 Å². The van der Waals surface area contributed by atoms with Gasteiger partial charge in [-0.2, -0.15) is 11.8 Å². The van der Waals surface area contributed by atoms with Crippen molar-refractivity contribution in [2.75, 3.05) is 0 Å². The van der Waals surface area contributed by atoms with Gasteiger partial charge in [0, 0.05) is 21.5 Å². The molecule has 1 aliphatic carbocycles. The van der Waals surface area contributed by atoms with Crippen LogP contribution in [0.3, 0.4) is 0 Å². The molecule has 130 valence electrons. The van der Waals surface area contributed by atoms with E-state index in [0.717, 1.165) is 11.5 Å². The third-order valence-corrected chi connectivity index (χ3v) is 6.54. The summed E-state index contributed by atoms with van der Waals surface area (Å²) in [4.78, 5) is 0. The van der Waals surface area contributed by atoms with E-state index in [9.17, 15) is 0 Å². The molecule has 24 heavy (non-hydrogen) atoms. The second-order valence-corrected chi connectivity index (χ2v) is 9.99. The van der Waals surface area contributed by atoms with Crippen molar-refractivity contribution in [3.8, 4) is 0 Å². The zero-order chi connectivity index (χ0) is 17.3. The predicted molar refractivity (Wildman–Crippen MR) is 106 cm³/mol. The molecule has 0 amide bonds. The van der Waals surface area contributed by atoms with Crippen molar-refractivity contribution in [1.82, 2.24) is 0 Å². The van der Waals surface area contributed by atoms with E-state index in [1.807, 2.05) is 17.8 Å². The van der Waals surface area contributed by atoms with Gasteiger partial charge in [-0.05, 0) is 29.0 Å². The van der Waals surface area contributed by atoms with Crippen LogP contribution in [-0.4, -0.2) is 16.6 Å². The number of benzene rings is 1. The van der Waals surface area contributed by atoms with Gasteiger partial charge in [-0.1, -0.05) is 75.7 Å². The van der Waals surface area contributed by atoms with Crippen LogP contribution >= 0.6 is 23.4 Å². The summed E-state index contributed by atoms with van der Waals surface area (Å²) >= 11 is 8.26. The van der Waals surface area contributed by atoms with Crippen LogP contribution in [0.15, 0.2) is 47.5 Å². The van der Waals surface area contributed by atoms with Crippen molar-refractivity contribution in [2.45, 2.75) is 62.7 Å². The highest BCUT2D eigenvalue weighted by atomic mass is 35.5. The van der Waals surface area contributed by atoms with Crippen molar-refractivity contribution in [2.24, 2.45) is 5.92 Å². The molecule has 4 atom stereocenters. The summed E-state index contributed by atoms with van der Waals surface area (Å²) in [7, 11) is 0. The smallest absolute Gasteiger partial charge is 0.0720 e. The lowest BCUT2D eigenvalue weighted by molar-refractivity contribution is 0.00714. The standard InChI is InChI=1S/C21H27ClOS/c1-14-11-19(18-12-17(22)9-10-20(18)24-14)23-13-15-5-7-16(8-6-15)21(2,3)4/h5-10,12,14,18-20H,11,13H2,1-4H3/t14-,18-,19+,20+/m1/s1. The average Bonchev–Trinajstić information content (AvgIpc) is 2.52. The molecule has 1 aliphatic heterocycles. The molecule has 0 saturated carbocycles. The molecule has 2 aliphatic rings. The lowest BCUT2D eigenvalue weighted by atomic mass is 9.87. The van der Waals surface area contributed by atoms with Gasteiger partial charge >= 0.3 is 0 Å². The fourth-order valence-electron chi connectivity index (χ4n) is 3.40. The number of ether oxygens (including phenoxy) is 1. The van der Waals surface area contributed by atoms with Gasteiger partial charge in [0.15, 0.2) is 0 Å². The van der Waals surface area contributed by atoms with Crippen LogP contribution in [0.1, 0.15) is 45.2 Å². The minimum Gasteiger partial charge on any atom is -0.373 e. The van der Waals surface area contributed by atoms with Crippen LogP contribution in [-0.2, 0) is 16.8 Å². The van der Waals surface area contributed by atoms with E-state index in [1.54, 1.807) is 0 Å². The van der Waals surface area contributed by atoms with Crippen molar-refractivity contribution < 1.29 is 4.74 Å². The molecule has 0 N–H and O–H groups in total. The van der Waals surface area contributed by atoms with Gasteiger partial charge in [-0.3, -0.25) is 0 Å². The molecular weight excluding hydrogens is 336 g/mol. The molecule has 1 aromatic carbocycles. The molecule has 1 aromatic rings. The van der Waals surface area contributed by atoms with Gasteiger partial charge in [-0.25, -0.2) is 0 Å². The van der Waals surface area contributed by atoms with Crippen LogP contribution in [0.4, 0.5) is 0 Å². The van der Waals surface area contributed by atoms with Gasteiger partial charge in [0.1, 0.15) is 0 Å². The van der Waals surface area contributed by atoms with Gasteiger partial charge in [0.05, 0.1) is 12.7 Å². The molecule has 3 heteroatoms. The lowest BCUT2D eigenvalue weighted by Crippen LogP contribution is -2.38.